The van der Waals surface area contributed by atoms with Crippen molar-refractivity contribution in [2.75, 3.05) is 10.3 Å². The van der Waals surface area contributed by atoms with Crippen LogP contribution < -0.4 is 10.3 Å². The second-order valence-electron chi connectivity index (χ2n) is 6.76. The number of hydrogen-bond donors (Lipinski definition) is 1. The summed E-state index contributed by atoms with van der Waals surface area (Å²) in [5, 5.41) is 9.39. The molecule has 0 aliphatic carbocycles. The number of hydrogen-bond acceptors (Lipinski definition) is 4. The van der Waals surface area contributed by atoms with Crippen LogP contribution in [0.5, 0.6) is 0 Å². The summed E-state index contributed by atoms with van der Waals surface area (Å²) in [5.41, 5.74) is 0.467. The molecule has 0 bridgehead atoms. The second-order valence-corrected chi connectivity index (χ2v) is 8.94. The fraction of sp³-hybridized carbons (Fsp3) is 0.143. The minimum atomic E-state index is -4.44. The van der Waals surface area contributed by atoms with Gasteiger partial charge >= 0.3 is 6.18 Å². The smallest absolute Gasteiger partial charge is 0.321 e. The first-order valence-corrected chi connectivity index (χ1v) is 10.6. The fourth-order valence-corrected chi connectivity index (χ4v) is 4.43. The Balaban J connectivity index is 1.57. The second kappa shape index (κ2) is 8.53. The van der Waals surface area contributed by atoms with E-state index in [2.05, 4.69) is 10.4 Å². The topological polar surface area (TPSA) is 44.7 Å². The summed E-state index contributed by atoms with van der Waals surface area (Å²) in [6.45, 7) is 0. The number of nitrogens with zero attached hydrogens (tertiary/aromatic N) is 2. The Morgan fingerprint density at radius 1 is 1.03 bits per heavy atom. The summed E-state index contributed by atoms with van der Waals surface area (Å²) < 4.78 is 38.8. The van der Waals surface area contributed by atoms with Crippen molar-refractivity contribution < 1.29 is 18.0 Å². The van der Waals surface area contributed by atoms with Gasteiger partial charge in [-0.25, -0.2) is 0 Å². The van der Waals surface area contributed by atoms with Crippen LogP contribution in [0.2, 0.25) is 9.36 Å². The van der Waals surface area contributed by atoms with E-state index < -0.39 is 17.6 Å². The van der Waals surface area contributed by atoms with Crippen LogP contribution >= 0.6 is 34.5 Å². The molecule has 1 aromatic heterocycles. The molecule has 0 saturated carbocycles. The zero-order chi connectivity index (χ0) is 22.2. The third-order valence-electron chi connectivity index (χ3n) is 4.66. The van der Waals surface area contributed by atoms with Crippen molar-refractivity contribution in [1.82, 2.24) is 0 Å². The lowest BCUT2D eigenvalue weighted by Crippen LogP contribution is -2.21. The predicted molar refractivity (Wildman–Crippen MR) is 118 cm³/mol. The monoisotopic (exact) mass is 483 g/mol. The number of nitrogens with one attached hydrogen (secondary N) is 1. The molecule has 1 atom stereocenters. The fourth-order valence-electron chi connectivity index (χ4n) is 3.15. The largest absolute Gasteiger partial charge is 0.416 e. The Hall–Kier alpha value is -2.55. The molecule has 0 fully saturated rings. The van der Waals surface area contributed by atoms with Crippen LogP contribution in [0.1, 0.15) is 22.9 Å². The van der Waals surface area contributed by atoms with E-state index in [0.29, 0.717) is 15.8 Å². The van der Waals surface area contributed by atoms with Gasteiger partial charge in [0.2, 0.25) is 0 Å². The lowest BCUT2D eigenvalue weighted by Gasteiger charge is -2.22. The van der Waals surface area contributed by atoms with Gasteiger partial charge in [0.25, 0.3) is 5.91 Å². The van der Waals surface area contributed by atoms with Crippen molar-refractivity contribution in [1.29, 1.82) is 0 Å². The number of alkyl halides is 3. The summed E-state index contributed by atoms with van der Waals surface area (Å²) in [4.78, 5) is 13.7. The van der Waals surface area contributed by atoms with Crippen LogP contribution in [0.25, 0.3) is 0 Å². The van der Waals surface area contributed by atoms with Crippen molar-refractivity contribution in [3.05, 3.63) is 80.5 Å². The third kappa shape index (κ3) is 4.87. The van der Waals surface area contributed by atoms with E-state index in [1.165, 1.54) is 23.5 Å². The lowest BCUT2D eigenvalue weighted by molar-refractivity contribution is -0.137. The van der Waals surface area contributed by atoms with Crippen LogP contribution in [0.3, 0.4) is 0 Å². The maximum atomic E-state index is 12.8. The third-order valence-corrected chi connectivity index (χ3v) is 6.24. The highest BCUT2D eigenvalue weighted by atomic mass is 35.5. The number of rotatable bonds is 4. The molecule has 1 aliphatic rings. The maximum absolute atomic E-state index is 12.8. The molecule has 4 rings (SSSR count). The summed E-state index contributed by atoms with van der Waals surface area (Å²) in [7, 11) is 0. The molecule has 1 N–H and O–H groups in total. The Morgan fingerprint density at radius 3 is 2.29 bits per heavy atom. The number of anilines is 2. The molecular formula is C21H14Cl2F3N3OS. The van der Waals surface area contributed by atoms with E-state index in [4.69, 9.17) is 23.2 Å². The molecule has 0 spiro atoms. The number of hydrazone groups is 1. The first kappa shape index (κ1) is 21.7. The molecule has 160 valence electrons. The highest BCUT2D eigenvalue weighted by molar-refractivity contribution is 7.16. The van der Waals surface area contributed by atoms with E-state index in [0.717, 1.165) is 22.7 Å². The van der Waals surface area contributed by atoms with Crippen molar-refractivity contribution in [2.24, 2.45) is 5.10 Å². The van der Waals surface area contributed by atoms with Gasteiger partial charge in [-0.05, 0) is 60.7 Å². The van der Waals surface area contributed by atoms with E-state index in [1.807, 2.05) is 6.07 Å². The summed E-state index contributed by atoms with van der Waals surface area (Å²) in [6.07, 6.45) is -4.13. The molecule has 0 radical (unpaired) electrons. The summed E-state index contributed by atoms with van der Waals surface area (Å²) in [5.74, 6) is -0.483. The quantitative estimate of drug-likeness (QED) is 0.433. The molecule has 2 aromatic carbocycles. The van der Waals surface area contributed by atoms with Crippen LogP contribution in [0.15, 0.2) is 65.8 Å². The number of carbonyl (C=O) groups excluding carboxylic acids is 1. The highest BCUT2D eigenvalue weighted by Gasteiger charge is 2.34. The summed E-state index contributed by atoms with van der Waals surface area (Å²) >= 11 is 13.5. The highest BCUT2D eigenvalue weighted by Crippen LogP contribution is 2.39. The van der Waals surface area contributed by atoms with Crippen molar-refractivity contribution in [2.45, 2.75) is 18.6 Å². The zero-order valence-corrected chi connectivity index (χ0v) is 18.0. The molecule has 2 heterocycles. The Bertz CT molecular complexity index is 1130. The van der Waals surface area contributed by atoms with Gasteiger partial charge in [-0.3, -0.25) is 9.80 Å². The predicted octanol–water partition coefficient (Wildman–Crippen LogP) is 7.02. The molecule has 10 heteroatoms. The molecule has 1 amide bonds. The zero-order valence-electron chi connectivity index (χ0n) is 15.7. The van der Waals surface area contributed by atoms with Gasteiger partial charge in [-0.2, -0.15) is 18.3 Å². The van der Waals surface area contributed by atoms with Gasteiger partial charge in [-0.15, -0.1) is 11.3 Å². The average Bonchev–Trinajstić information content (AvgIpc) is 3.35. The van der Waals surface area contributed by atoms with Gasteiger partial charge in [0, 0.05) is 22.0 Å². The number of halogens is 5. The number of carbonyl (C=O) groups is 1. The van der Waals surface area contributed by atoms with Gasteiger partial charge in [0.1, 0.15) is 5.71 Å². The number of amides is 1. The Labute approximate surface area is 189 Å². The van der Waals surface area contributed by atoms with Crippen LogP contribution in [0, 0.1) is 0 Å². The Morgan fingerprint density at radius 2 is 1.71 bits per heavy atom. The van der Waals surface area contributed by atoms with Gasteiger partial charge in [0.05, 0.1) is 21.6 Å². The van der Waals surface area contributed by atoms with E-state index in [9.17, 15) is 18.0 Å². The standard InChI is InChI=1S/C21H14Cl2F3N3OS/c22-13-3-7-15(8-4-13)29-17(18-9-10-19(23)31-18)11-16(28-29)20(30)27-14-5-1-12(2-6-14)21(24,25)26/h1-10,17H,11H2,(H,27,30). The minimum absolute atomic E-state index is 0.243. The van der Waals surface area contributed by atoms with E-state index in [-0.39, 0.29) is 17.4 Å². The molecular weight excluding hydrogens is 470 g/mol. The maximum Gasteiger partial charge on any atom is 0.416 e. The molecule has 4 nitrogen and oxygen atoms in total. The van der Waals surface area contributed by atoms with E-state index in [1.54, 1.807) is 35.3 Å². The van der Waals surface area contributed by atoms with Gasteiger partial charge < -0.3 is 5.32 Å². The molecule has 1 unspecified atom stereocenters. The molecule has 31 heavy (non-hydrogen) atoms. The van der Waals surface area contributed by atoms with Crippen molar-refractivity contribution >= 4 is 57.5 Å². The van der Waals surface area contributed by atoms with E-state index >= 15 is 0 Å². The van der Waals surface area contributed by atoms with Gasteiger partial charge in [0.15, 0.2) is 0 Å². The number of thiophene rings is 1. The number of benzene rings is 2. The summed E-state index contributed by atoms with van der Waals surface area (Å²) in [6, 6.07) is 14.7. The van der Waals surface area contributed by atoms with Crippen LogP contribution in [-0.2, 0) is 11.0 Å². The minimum Gasteiger partial charge on any atom is -0.321 e. The first-order chi connectivity index (χ1) is 14.7. The van der Waals surface area contributed by atoms with Crippen molar-refractivity contribution in [3.8, 4) is 0 Å². The van der Waals surface area contributed by atoms with Crippen LogP contribution in [0.4, 0.5) is 24.5 Å². The Kier molecular flexibility index (Phi) is 5.96. The first-order valence-electron chi connectivity index (χ1n) is 9.07. The van der Waals surface area contributed by atoms with Gasteiger partial charge in [-0.1, -0.05) is 23.2 Å². The molecule has 1 aliphatic heterocycles. The average molecular weight is 484 g/mol. The van der Waals surface area contributed by atoms with Crippen LogP contribution in [-0.4, -0.2) is 11.6 Å². The molecule has 3 aromatic rings. The SMILES string of the molecule is O=C(Nc1ccc(C(F)(F)F)cc1)C1=NN(c2ccc(Cl)cc2)C(c2ccc(Cl)s2)C1. The van der Waals surface area contributed by atoms with Crippen molar-refractivity contribution in [3.63, 3.8) is 0 Å². The molecule has 0 saturated heterocycles. The lowest BCUT2D eigenvalue weighted by atomic mass is 10.1. The normalized spacial score (nSPS) is 16.4.